The van der Waals surface area contributed by atoms with Crippen molar-refractivity contribution in [1.82, 2.24) is 4.90 Å². The van der Waals surface area contributed by atoms with Crippen molar-refractivity contribution >= 4 is 29.2 Å². The molecule has 2 bridgehead atoms. The van der Waals surface area contributed by atoms with Crippen LogP contribution in [0.5, 0.6) is 0 Å². The van der Waals surface area contributed by atoms with Crippen molar-refractivity contribution in [3.63, 3.8) is 0 Å². The first kappa shape index (κ1) is 32.7. The van der Waals surface area contributed by atoms with Crippen LogP contribution in [0.2, 0.25) is 0 Å². The van der Waals surface area contributed by atoms with E-state index in [4.69, 9.17) is 9.47 Å². The highest BCUT2D eigenvalue weighted by Crippen LogP contribution is 2.64. The Morgan fingerprint density at radius 2 is 1.79 bits per heavy atom. The summed E-state index contributed by atoms with van der Waals surface area (Å²) in [4.78, 5) is 48.2. The Hall–Kier alpha value is -3.17. The van der Waals surface area contributed by atoms with Gasteiger partial charge in [0, 0.05) is 31.0 Å². The molecule has 0 radical (unpaired) electrons. The molecule has 6 atom stereocenters. The number of esters is 1. The molecule has 3 aliphatic rings. The lowest BCUT2D eigenvalue weighted by molar-refractivity contribution is -0.160. The van der Waals surface area contributed by atoms with Crippen molar-refractivity contribution in [2.75, 3.05) is 42.6 Å². The number of anilines is 2. The summed E-state index contributed by atoms with van der Waals surface area (Å²) < 4.78 is 12.3. The van der Waals surface area contributed by atoms with Crippen LogP contribution in [-0.4, -0.2) is 83.9 Å². The van der Waals surface area contributed by atoms with Gasteiger partial charge in [-0.25, -0.2) is 0 Å². The first-order chi connectivity index (χ1) is 20.5. The molecule has 1 N–H and O–H groups in total. The summed E-state index contributed by atoms with van der Waals surface area (Å²) >= 11 is 0. The monoisotopic (exact) mass is 595 g/mol. The number of amides is 2. The van der Waals surface area contributed by atoms with Crippen LogP contribution in [0.4, 0.5) is 11.4 Å². The molecule has 3 heterocycles. The number of benzene rings is 1. The smallest absolute Gasteiger partial charge is 0.312 e. The van der Waals surface area contributed by atoms with Crippen LogP contribution in [0.15, 0.2) is 49.6 Å². The summed E-state index contributed by atoms with van der Waals surface area (Å²) in [6, 6.07) is 6.19. The van der Waals surface area contributed by atoms with E-state index in [1.807, 2.05) is 45.0 Å². The minimum absolute atomic E-state index is 0.157. The summed E-state index contributed by atoms with van der Waals surface area (Å²) in [5.41, 5.74) is -0.415. The second-order valence-corrected chi connectivity index (χ2v) is 12.6. The van der Waals surface area contributed by atoms with Gasteiger partial charge in [0.1, 0.15) is 17.6 Å². The number of hydrogen-bond acceptors (Lipinski definition) is 7. The van der Waals surface area contributed by atoms with Gasteiger partial charge in [0.15, 0.2) is 0 Å². The Morgan fingerprint density at radius 1 is 1.14 bits per heavy atom. The van der Waals surface area contributed by atoms with Gasteiger partial charge in [-0.3, -0.25) is 14.4 Å². The van der Waals surface area contributed by atoms with Crippen molar-refractivity contribution in [3.8, 4) is 0 Å². The Balaban J connectivity index is 1.79. The van der Waals surface area contributed by atoms with Gasteiger partial charge in [-0.1, -0.05) is 26.0 Å². The number of carbonyl (C=O) groups is 3. The summed E-state index contributed by atoms with van der Waals surface area (Å²) in [5.74, 6) is -2.70. The average molecular weight is 596 g/mol. The molecule has 4 rings (SSSR count). The molecule has 9 nitrogen and oxygen atoms in total. The first-order valence-corrected chi connectivity index (χ1v) is 15.7. The maximum Gasteiger partial charge on any atom is 0.312 e. The molecule has 1 spiro atoms. The molecule has 9 heteroatoms. The molecule has 43 heavy (non-hydrogen) atoms. The van der Waals surface area contributed by atoms with Gasteiger partial charge in [-0.2, -0.15) is 0 Å². The van der Waals surface area contributed by atoms with Crippen molar-refractivity contribution < 1.29 is 29.0 Å². The van der Waals surface area contributed by atoms with Crippen molar-refractivity contribution in [2.24, 2.45) is 17.8 Å². The van der Waals surface area contributed by atoms with Crippen molar-refractivity contribution in [3.05, 3.63) is 49.6 Å². The lowest BCUT2D eigenvalue weighted by atomic mass is 9.66. The number of likely N-dealkylation sites (tertiary alicyclic amines) is 1. The molecule has 0 aliphatic carbocycles. The van der Waals surface area contributed by atoms with Crippen LogP contribution in [-0.2, 0) is 23.9 Å². The number of carbonyl (C=O) groups excluding carboxylic acids is 3. The number of ether oxygens (including phenoxy) is 2. The summed E-state index contributed by atoms with van der Waals surface area (Å²) in [6.07, 6.45) is 5.30. The molecule has 2 amide bonds. The zero-order valence-corrected chi connectivity index (χ0v) is 26.5. The van der Waals surface area contributed by atoms with Crippen LogP contribution in [0, 0.1) is 17.8 Å². The number of nitrogens with zero attached hydrogens (tertiary/aromatic N) is 3. The zero-order chi connectivity index (χ0) is 31.5. The molecule has 2 unspecified atom stereocenters. The molecule has 236 valence electrons. The van der Waals surface area contributed by atoms with Gasteiger partial charge in [0.2, 0.25) is 5.91 Å². The third kappa shape index (κ3) is 5.74. The van der Waals surface area contributed by atoms with E-state index in [0.29, 0.717) is 31.4 Å². The largest absolute Gasteiger partial charge is 0.465 e. The fourth-order valence-corrected chi connectivity index (χ4v) is 7.58. The van der Waals surface area contributed by atoms with E-state index in [2.05, 4.69) is 31.9 Å². The molecule has 3 saturated heterocycles. The maximum atomic E-state index is 14.8. The fourth-order valence-electron chi connectivity index (χ4n) is 7.58. The van der Waals surface area contributed by atoms with Crippen molar-refractivity contribution in [2.45, 2.75) is 83.6 Å². The molecule has 3 aliphatic heterocycles. The Labute approximate surface area is 256 Å². The van der Waals surface area contributed by atoms with E-state index in [9.17, 15) is 19.5 Å². The van der Waals surface area contributed by atoms with Crippen LogP contribution >= 0.6 is 0 Å². The summed E-state index contributed by atoms with van der Waals surface area (Å²) in [5, 5.41) is 10.6. The highest BCUT2D eigenvalue weighted by Gasteiger charge is 2.79. The van der Waals surface area contributed by atoms with E-state index in [1.54, 1.807) is 22.0 Å². The van der Waals surface area contributed by atoms with Crippen molar-refractivity contribution in [1.29, 1.82) is 0 Å². The second-order valence-electron chi connectivity index (χ2n) is 12.6. The number of hydrogen-bond donors (Lipinski definition) is 1. The highest BCUT2D eigenvalue weighted by molar-refractivity contribution is 6.05. The molecule has 3 fully saturated rings. The van der Waals surface area contributed by atoms with Gasteiger partial charge >= 0.3 is 5.97 Å². The molecular formula is C34H49N3O6. The normalized spacial score (nSPS) is 28.1. The molecule has 0 aromatic heterocycles. The number of aliphatic hydroxyl groups is 1. The lowest BCUT2D eigenvalue weighted by Crippen LogP contribution is -2.59. The van der Waals surface area contributed by atoms with Crippen LogP contribution in [0.25, 0.3) is 0 Å². The van der Waals surface area contributed by atoms with Gasteiger partial charge < -0.3 is 29.3 Å². The SMILES string of the molecule is C=CCCOC(=O)[C@@H]1[C@H]2C(=O)N([C@@H](CO)CC(C)C)C(C(=O)N(CC=C)c3ccc(N(CC)CC)cc3)C23CC[C@@]1(C)O3. The zero-order valence-electron chi connectivity index (χ0n) is 26.5. The fraction of sp³-hybridized carbons (Fsp3) is 0.618. The maximum absolute atomic E-state index is 14.8. The van der Waals surface area contributed by atoms with Crippen LogP contribution in [0.3, 0.4) is 0 Å². The highest BCUT2D eigenvalue weighted by atomic mass is 16.6. The minimum Gasteiger partial charge on any atom is -0.465 e. The van der Waals surface area contributed by atoms with E-state index in [-0.39, 0.29) is 37.5 Å². The quantitative estimate of drug-likeness (QED) is 0.183. The Morgan fingerprint density at radius 3 is 2.35 bits per heavy atom. The summed E-state index contributed by atoms with van der Waals surface area (Å²) in [6.45, 7) is 19.5. The number of fused-ring (bicyclic) bond motifs is 1. The first-order valence-electron chi connectivity index (χ1n) is 15.7. The molecular weight excluding hydrogens is 546 g/mol. The predicted octanol–water partition coefficient (Wildman–Crippen LogP) is 4.34. The van der Waals surface area contributed by atoms with E-state index < -0.39 is 41.1 Å². The Kier molecular flexibility index (Phi) is 10.1. The lowest BCUT2D eigenvalue weighted by Gasteiger charge is -2.40. The average Bonchev–Trinajstić information content (AvgIpc) is 3.56. The van der Waals surface area contributed by atoms with E-state index >= 15 is 0 Å². The molecule has 1 aromatic carbocycles. The van der Waals surface area contributed by atoms with E-state index in [1.165, 1.54) is 0 Å². The summed E-state index contributed by atoms with van der Waals surface area (Å²) in [7, 11) is 0. The third-order valence-electron chi connectivity index (χ3n) is 9.48. The molecule has 1 aromatic rings. The van der Waals surface area contributed by atoms with Gasteiger partial charge in [-0.05, 0) is 76.6 Å². The van der Waals surface area contributed by atoms with Gasteiger partial charge in [-0.15, -0.1) is 13.2 Å². The second kappa shape index (κ2) is 13.2. The van der Waals surface area contributed by atoms with Gasteiger partial charge in [0.25, 0.3) is 5.91 Å². The predicted molar refractivity (Wildman–Crippen MR) is 168 cm³/mol. The van der Waals surface area contributed by atoms with Crippen LogP contribution < -0.4 is 9.80 Å². The van der Waals surface area contributed by atoms with Crippen LogP contribution in [0.1, 0.15) is 60.3 Å². The standard InChI is InChI=1S/C34H49N3O6/c1-8-12-20-42-32(41)28-27-30(39)37(26(22-38)21-23(5)6)29(34(27)18-17-33(28,7)43-34)31(40)36(19-9-2)25-15-13-24(14-16-25)35(10-3)11-4/h8-9,13-16,23,26-29,38H,1-2,10-12,17-22H2,3-7H3/t26-,27+,28+,29?,33-,34?/m1/s1. The minimum atomic E-state index is -1.21. The number of rotatable bonds is 15. The van der Waals surface area contributed by atoms with Gasteiger partial charge in [0.05, 0.1) is 30.8 Å². The third-order valence-corrected chi connectivity index (χ3v) is 9.48. The molecule has 0 saturated carbocycles. The van der Waals surface area contributed by atoms with E-state index in [0.717, 1.165) is 18.8 Å². The topological polar surface area (TPSA) is 99.6 Å². The Bertz CT molecular complexity index is 1200. The number of aliphatic hydroxyl groups excluding tert-OH is 1.